The van der Waals surface area contributed by atoms with Crippen LogP contribution < -0.4 is 10.6 Å². The fourth-order valence-electron chi connectivity index (χ4n) is 4.40. The van der Waals surface area contributed by atoms with E-state index in [9.17, 15) is 4.79 Å². The van der Waals surface area contributed by atoms with Gasteiger partial charge in [0.25, 0.3) is 5.91 Å². The van der Waals surface area contributed by atoms with Gasteiger partial charge in [-0.25, -0.2) is 0 Å². The Balaban J connectivity index is 1.45. The van der Waals surface area contributed by atoms with Crippen LogP contribution in [0.4, 0.5) is 0 Å². The average Bonchev–Trinajstić information content (AvgIpc) is 3.28. The number of carbonyl (C=O) groups excluding carboxylic acids is 1. The van der Waals surface area contributed by atoms with Crippen LogP contribution in [0.25, 0.3) is 0 Å². The van der Waals surface area contributed by atoms with Gasteiger partial charge in [-0.3, -0.25) is 9.79 Å². The topological polar surface area (TPSA) is 69.9 Å². The maximum atomic E-state index is 12.0. The molecule has 1 amide bonds. The van der Waals surface area contributed by atoms with E-state index in [1.165, 1.54) is 38.5 Å². The smallest absolute Gasteiger partial charge is 0.287 e. The first-order valence-corrected chi connectivity index (χ1v) is 10.5. The summed E-state index contributed by atoms with van der Waals surface area (Å²) in [6.45, 7) is 8.45. The standard InChI is InChI=1S/C21H34N4O2/c1-3-22-20(25-14-11-21(16-25)9-5-4-6-10-21)24-13-7-12-23-19(26)18-17(2)8-15-27-18/h8,15H,3-7,9-14,16H2,1-2H3,(H,22,24)(H,23,26). The first-order valence-electron chi connectivity index (χ1n) is 10.5. The van der Waals surface area contributed by atoms with Crippen LogP contribution in [0.2, 0.25) is 0 Å². The van der Waals surface area contributed by atoms with Gasteiger partial charge >= 0.3 is 0 Å². The summed E-state index contributed by atoms with van der Waals surface area (Å²) in [4.78, 5) is 19.3. The first kappa shape index (κ1) is 19.8. The molecule has 3 rings (SSSR count). The summed E-state index contributed by atoms with van der Waals surface area (Å²) >= 11 is 0. The van der Waals surface area contributed by atoms with Crippen LogP contribution in [-0.4, -0.2) is 49.5 Å². The van der Waals surface area contributed by atoms with E-state index in [2.05, 4.69) is 22.5 Å². The Morgan fingerprint density at radius 1 is 1.26 bits per heavy atom. The molecule has 2 aliphatic rings. The molecule has 1 aromatic rings. The number of aliphatic imine (C=N–C) groups is 1. The lowest BCUT2D eigenvalue weighted by Crippen LogP contribution is -2.41. The molecule has 1 saturated heterocycles. The van der Waals surface area contributed by atoms with Crippen molar-refractivity contribution in [2.75, 3.05) is 32.7 Å². The molecule has 27 heavy (non-hydrogen) atoms. The molecule has 0 bridgehead atoms. The predicted octanol–water partition coefficient (Wildman–Crippen LogP) is 3.33. The Labute approximate surface area is 162 Å². The fourth-order valence-corrected chi connectivity index (χ4v) is 4.40. The molecule has 0 atom stereocenters. The molecule has 1 spiro atoms. The summed E-state index contributed by atoms with van der Waals surface area (Å²) in [5, 5.41) is 6.36. The van der Waals surface area contributed by atoms with Crippen molar-refractivity contribution in [2.24, 2.45) is 10.4 Å². The molecule has 150 valence electrons. The van der Waals surface area contributed by atoms with Crippen molar-refractivity contribution < 1.29 is 9.21 Å². The van der Waals surface area contributed by atoms with Gasteiger partial charge in [-0.2, -0.15) is 0 Å². The van der Waals surface area contributed by atoms with E-state index in [-0.39, 0.29) is 5.91 Å². The van der Waals surface area contributed by atoms with Crippen LogP contribution in [0.3, 0.4) is 0 Å². The van der Waals surface area contributed by atoms with E-state index in [1.54, 1.807) is 12.3 Å². The van der Waals surface area contributed by atoms with Crippen LogP contribution in [0.15, 0.2) is 21.7 Å². The lowest BCUT2D eigenvalue weighted by Gasteiger charge is -2.33. The fraction of sp³-hybridized carbons (Fsp3) is 0.714. The third kappa shape index (κ3) is 5.05. The molecule has 6 nitrogen and oxygen atoms in total. The number of nitrogens with one attached hydrogen (secondary N) is 2. The van der Waals surface area contributed by atoms with E-state index in [0.29, 0.717) is 24.3 Å². The van der Waals surface area contributed by atoms with Crippen LogP contribution in [0.1, 0.15) is 68.0 Å². The quantitative estimate of drug-likeness (QED) is 0.455. The molecule has 0 aromatic carbocycles. The summed E-state index contributed by atoms with van der Waals surface area (Å²) in [7, 11) is 0. The van der Waals surface area contributed by atoms with Crippen molar-refractivity contribution in [1.29, 1.82) is 0 Å². The zero-order chi connectivity index (χ0) is 19.1. The minimum atomic E-state index is -0.146. The number of nitrogens with zero attached hydrogens (tertiary/aromatic N) is 2. The number of guanidine groups is 1. The Kier molecular flexibility index (Phi) is 6.80. The second-order valence-electron chi connectivity index (χ2n) is 8.01. The van der Waals surface area contributed by atoms with Crippen molar-refractivity contribution >= 4 is 11.9 Å². The van der Waals surface area contributed by atoms with Crippen LogP contribution in [0, 0.1) is 12.3 Å². The average molecular weight is 375 g/mol. The normalized spacial score (nSPS) is 19.5. The molecule has 2 heterocycles. The minimum absolute atomic E-state index is 0.146. The van der Waals surface area contributed by atoms with E-state index in [1.807, 2.05) is 6.92 Å². The second kappa shape index (κ2) is 9.29. The highest BCUT2D eigenvalue weighted by molar-refractivity contribution is 5.92. The van der Waals surface area contributed by atoms with Gasteiger partial charge in [0.15, 0.2) is 11.7 Å². The minimum Gasteiger partial charge on any atom is -0.459 e. The highest BCUT2D eigenvalue weighted by Crippen LogP contribution is 2.43. The van der Waals surface area contributed by atoms with Crippen LogP contribution in [0.5, 0.6) is 0 Å². The number of likely N-dealkylation sites (tertiary alicyclic amines) is 1. The number of hydrogen-bond donors (Lipinski definition) is 2. The summed E-state index contributed by atoms with van der Waals surface area (Å²) < 4.78 is 5.22. The summed E-state index contributed by atoms with van der Waals surface area (Å²) in [6, 6.07) is 1.80. The number of rotatable bonds is 6. The number of aryl methyl sites for hydroxylation is 1. The highest BCUT2D eigenvalue weighted by Gasteiger charge is 2.39. The van der Waals surface area contributed by atoms with Crippen molar-refractivity contribution in [1.82, 2.24) is 15.5 Å². The largest absolute Gasteiger partial charge is 0.459 e. The molecule has 2 fully saturated rings. The van der Waals surface area contributed by atoms with Gasteiger partial charge in [0, 0.05) is 38.3 Å². The van der Waals surface area contributed by atoms with Crippen molar-refractivity contribution in [3.05, 3.63) is 23.7 Å². The molecule has 6 heteroatoms. The first-order chi connectivity index (χ1) is 13.1. The number of furan rings is 1. The van der Waals surface area contributed by atoms with Crippen LogP contribution >= 0.6 is 0 Å². The Hall–Kier alpha value is -1.98. The Bertz CT molecular complexity index is 646. The van der Waals surface area contributed by atoms with Gasteiger partial charge < -0.3 is 20.0 Å². The molecule has 2 N–H and O–H groups in total. The van der Waals surface area contributed by atoms with Crippen molar-refractivity contribution in [3.63, 3.8) is 0 Å². The molecule has 0 unspecified atom stereocenters. The number of carbonyl (C=O) groups is 1. The summed E-state index contributed by atoms with van der Waals surface area (Å²) in [5.74, 6) is 1.29. The van der Waals surface area contributed by atoms with Gasteiger partial charge in [-0.15, -0.1) is 0 Å². The van der Waals surface area contributed by atoms with Gasteiger partial charge in [-0.05, 0) is 51.0 Å². The summed E-state index contributed by atoms with van der Waals surface area (Å²) in [5.41, 5.74) is 1.40. The maximum Gasteiger partial charge on any atom is 0.287 e. The molecule has 1 aliphatic heterocycles. The van der Waals surface area contributed by atoms with Crippen molar-refractivity contribution in [2.45, 2.75) is 58.8 Å². The highest BCUT2D eigenvalue weighted by atomic mass is 16.3. The third-order valence-corrected chi connectivity index (χ3v) is 5.94. The molecule has 0 radical (unpaired) electrons. The zero-order valence-corrected chi connectivity index (χ0v) is 16.9. The third-order valence-electron chi connectivity index (χ3n) is 5.94. The van der Waals surface area contributed by atoms with Gasteiger partial charge in [0.2, 0.25) is 0 Å². The van der Waals surface area contributed by atoms with Gasteiger partial charge in [0.1, 0.15) is 0 Å². The van der Waals surface area contributed by atoms with Crippen LogP contribution in [-0.2, 0) is 0 Å². The Morgan fingerprint density at radius 2 is 2.07 bits per heavy atom. The zero-order valence-electron chi connectivity index (χ0n) is 16.9. The van der Waals surface area contributed by atoms with E-state index in [4.69, 9.17) is 9.41 Å². The maximum absolute atomic E-state index is 12.0. The van der Waals surface area contributed by atoms with Gasteiger partial charge in [0.05, 0.1) is 6.26 Å². The Morgan fingerprint density at radius 3 is 2.78 bits per heavy atom. The van der Waals surface area contributed by atoms with E-state index < -0.39 is 0 Å². The predicted molar refractivity (Wildman–Crippen MR) is 108 cm³/mol. The SMILES string of the molecule is CCNC(=NCCCNC(=O)c1occc1C)N1CCC2(CCCCC2)C1. The molecular formula is C21H34N4O2. The van der Waals surface area contributed by atoms with Crippen molar-refractivity contribution in [3.8, 4) is 0 Å². The van der Waals surface area contributed by atoms with Gasteiger partial charge in [-0.1, -0.05) is 19.3 Å². The second-order valence-corrected chi connectivity index (χ2v) is 8.01. The molecule has 1 aliphatic carbocycles. The lowest BCUT2D eigenvalue weighted by atomic mass is 9.73. The van der Waals surface area contributed by atoms with E-state index in [0.717, 1.165) is 37.6 Å². The van der Waals surface area contributed by atoms with E-state index >= 15 is 0 Å². The monoisotopic (exact) mass is 374 g/mol. The number of amides is 1. The molecule has 1 saturated carbocycles. The number of hydrogen-bond acceptors (Lipinski definition) is 3. The molecular weight excluding hydrogens is 340 g/mol. The summed E-state index contributed by atoms with van der Waals surface area (Å²) in [6.07, 6.45) is 10.6. The molecule has 1 aromatic heterocycles. The lowest BCUT2D eigenvalue weighted by molar-refractivity contribution is 0.0925.